The molecule has 1 aromatic heterocycles. The summed E-state index contributed by atoms with van der Waals surface area (Å²) in [6, 6.07) is 3.04. The number of hydrogen-bond acceptors (Lipinski definition) is 4. The quantitative estimate of drug-likeness (QED) is 0.676. The third-order valence-corrected chi connectivity index (χ3v) is 1.89. The van der Waals surface area contributed by atoms with Gasteiger partial charge in [-0.2, -0.15) is 0 Å². The van der Waals surface area contributed by atoms with E-state index in [1.165, 1.54) is 6.07 Å². The van der Waals surface area contributed by atoms with Crippen LogP contribution in [0.4, 0.5) is 5.88 Å². The van der Waals surface area contributed by atoms with Crippen molar-refractivity contribution < 1.29 is 19.1 Å². The molecule has 1 rings (SSSR count). The Bertz CT molecular complexity index is 308. The van der Waals surface area contributed by atoms with E-state index in [-0.39, 0.29) is 5.76 Å². The van der Waals surface area contributed by atoms with Gasteiger partial charge in [-0.15, -0.1) is 0 Å². The van der Waals surface area contributed by atoms with Crippen LogP contribution < -0.4 is 5.32 Å². The highest BCUT2D eigenvalue weighted by Gasteiger charge is 2.07. The lowest BCUT2D eigenvalue weighted by molar-refractivity contribution is 0.0663. The smallest absolute Gasteiger partial charge is 0.371 e. The molecule has 0 amide bonds. The van der Waals surface area contributed by atoms with Gasteiger partial charge in [0.05, 0.1) is 0 Å². The van der Waals surface area contributed by atoms with E-state index in [0.717, 1.165) is 26.0 Å². The molecule has 1 heterocycles. The summed E-state index contributed by atoms with van der Waals surface area (Å²) in [6.45, 7) is 1.48. The number of rotatable bonds is 7. The number of carboxylic acid groups (broad SMARTS) is 1. The van der Waals surface area contributed by atoms with Crippen molar-refractivity contribution in [2.45, 2.75) is 12.8 Å². The van der Waals surface area contributed by atoms with Crippen LogP contribution in [-0.4, -0.2) is 31.3 Å². The highest BCUT2D eigenvalue weighted by molar-refractivity contribution is 5.84. The van der Waals surface area contributed by atoms with Gasteiger partial charge < -0.3 is 19.6 Å². The fourth-order valence-electron chi connectivity index (χ4n) is 1.13. The van der Waals surface area contributed by atoms with Crippen molar-refractivity contribution in [3.05, 3.63) is 17.9 Å². The number of ether oxygens (including phenoxy) is 1. The lowest BCUT2D eigenvalue weighted by Gasteiger charge is -2.01. The van der Waals surface area contributed by atoms with Crippen LogP contribution in [0.25, 0.3) is 0 Å². The maximum absolute atomic E-state index is 10.5. The Labute approximate surface area is 88.0 Å². The molecule has 0 unspecified atom stereocenters. The Morgan fingerprint density at radius 3 is 2.93 bits per heavy atom. The molecule has 0 fully saturated rings. The maximum Gasteiger partial charge on any atom is 0.371 e. The summed E-state index contributed by atoms with van der Waals surface area (Å²) in [6.07, 6.45) is 1.92. The molecule has 0 saturated heterocycles. The minimum absolute atomic E-state index is 0.0469. The molecule has 0 atom stereocenters. The molecule has 0 aliphatic rings. The minimum Gasteiger partial charge on any atom is -0.475 e. The number of furan rings is 1. The molecule has 0 aromatic carbocycles. The molecule has 0 saturated carbocycles. The third-order valence-electron chi connectivity index (χ3n) is 1.89. The summed E-state index contributed by atoms with van der Waals surface area (Å²) in [7, 11) is 1.67. The molecule has 0 aliphatic carbocycles. The van der Waals surface area contributed by atoms with Crippen molar-refractivity contribution in [2.24, 2.45) is 0 Å². The second kappa shape index (κ2) is 6.08. The summed E-state index contributed by atoms with van der Waals surface area (Å²) in [4.78, 5) is 10.5. The molecule has 0 bridgehead atoms. The van der Waals surface area contributed by atoms with E-state index in [9.17, 15) is 4.79 Å². The van der Waals surface area contributed by atoms with Gasteiger partial charge in [-0.05, 0) is 18.9 Å². The van der Waals surface area contributed by atoms with Crippen LogP contribution in [-0.2, 0) is 4.74 Å². The van der Waals surface area contributed by atoms with E-state index in [1.807, 2.05) is 0 Å². The van der Waals surface area contributed by atoms with Crippen LogP contribution in [0, 0.1) is 0 Å². The van der Waals surface area contributed by atoms with E-state index < -0.39 is 5.97 Å². The second-order valence-corrected chi connectivity index (χ2v) is 3.10. The average Bonchev–Trinajstić information content (AvgIpc) is 2.66. The van der Waals surface area contributed by atoms with E-state index >= 15 is 0 Å². The number of methoxy groups -OCH3 is 1. The summed E-state index contributed by atoms with van der Waals surface area (Å²) < 4.78 is 9.91. The van der Waals surface area contributed by atoms with Gasteiger partial charge in [0, 0.05) is 26.3 Å². The fourth-order valence-corrected chi connectivity index (χ4v) is 1.13. The molecular formula is C10H15NO4. The highest BCUT2D eigenvalue weighted by atomic mass is 16.5. The van der Waals surface area contributed by atoms with Gasteiger partial charge in [0.15, 0.2) is 5.88 Å². The fraction of sp³-hybridized carbons (Fsp3) is 0.500. The van der Waals surface area contributed by atoms with E-state index in [2.05, 4.69) is 5.32 Å². The summed E-state index contributed by atoms with van der Waals surface area (Å²) in [5, 5.41) is 11.6. The number of hydrogen-bond donors (Lipinski definition) is 2. The monoisotopic (exact) mass is 213 g/mol. The van der Waals surface area contributed by atoms with Gasteiger partial charge in [-0.3, -0.25) is 0 Å². The van der Waals surface area contributed by atoms with Gasteiger partial charge in [-0.25, -0.2) is 4.79 Å². The molecule has 0 aliphatic heterocycles. The van der Waals surface area contributed by atoms with Crippen LogP contribution in [0.15, 0.2) is 16.5 Å². The zero-order valence-corrected chi connectivity index (χ0v) is 8.66. The van der Waals surface area contributed by atoms with Crippen LogP contribution in [0.2, 0.25) is 0 Å². The molecule has 84 valence electrons. The van der Waals surface area contributed by atoms with E-state index in [1.54, 1.807) is 13.2 Å². The van der Waals surface area contributed by atoms with Gasteiger partial charge in [0.25, 0.3) is 0 Å². The van der Waals surface area contributed by atoms with Crippen LogP contribution in [0.5, 0.6) is 0 Å². The van der Waals surface area contributed by atoms with Crippen molar-refractivity contribution in [2.75, 3.05) is 25.6 Å². The van der Waals surface area contributed by atoms with Crippen molar-refractivity contribution in [1.82, 2.24) is 0 Å². The van der Waals surface area contributed by atoms with Gasteiger partial charge in [-0.1, -0.05) is 0 Å². The lowest BCUT2D eigenvalue weighted by Crippen LogP contribution is -2.02. The number of nitrogens with one attached hydrogen (secondary N) is 1. The Kier molecular flexibility index (Phi) is 4.70. The zero-order chi connectivity index (χ0) is 11.1. The Balaban J connectivity index is 2.23. The zero-order valence-electron chi connectivity index (χ0n) is 8.66. The SMILES string of the molecule is COCCCCNc1ccc(C(=O)O)o1. The first-order valence-corrected chi connectivity index (χ1v) is 4.80. The van der Waals surface area contributed by atoms with Crippen molar-refractivity contribution in [3.63, 3.8) is 0 Å². The second-order valence-electron chi connectivity index (χ2n) is 3.10. The van der Waals surface area contributed by atoms with Gasteiger partial charge in [0.1, 0.15) is 0 Å². The standard InChI is InChI=1S/C10H15NO4/c1-14-7-3-2-6-11-9-5-4-8(15-9)10(12)13/h4-5,11H,2-3,6-7H2,1H3,(H,12,13). The number of aromatic carboxylic acids is 1. The first-order valence-electron chi connectivity index (χ1n) is 4.80. The molecule has 0 radical (unpaired) electrons. The van der Waals surface area contributed by atoms with Crippen molar-refractivity contribution in [3.8, 4) is 0 Å². The van der Waals surface area contributed by atoms with Crippen LogP contribution >= 0.6 is 0 Å². The molecule has 0 spiro atoms. The highest BCUT2D eigenvalue weighted by Crippen LogP contribution is 2.12. The largest absolute Gasteiger partial charge is 0.475 e. The Morgan fingerprint density at radius 2 is 2.33 bits per heavy atom. The normalized spacial score (nSPS) is 10.2. The van der Waals surface area contributed by atoms with Gasteiger partial charge in [0.2, 0.25) is 5.76 Å². The molecule has 5 nitrogen and oxygen atoms in total. The summed E-state index contributed by atoms with van der Waals surface area (Å²) >= 11 is 0. The van der Waals surface area contributed by atoms with E-state index in [4.69, 9.17) is 14.3 Å². The first kappa shape index (κ1) is 11.6. The predicted octanol–water partition coefficient (Wildman–Crippen LogP) is 1.82. The number of carbonyl (C=O) groups is 1. The number of anilines is 1. The summed E-state index contributed by atoms with van der Waals surface area (Å²) in [5.41, 5.74) is 0. The molecule has 2 N–H and O–H groups in total. The van der Waals surface area contributed by atoms with Crippen LogP contribution in [0.1, 0.15) is 23.4 Å². The maximum atomic E-state index is 10.5. The van der Waals surface area contributed by atoms with Crippen LogP contribution in [0.3, 0.4) is 0 Å². The molecule has 5 heteroatoms. The van der Waals surface area contributed by atoms with Gasteiger partial charge >= 0.3 is 5.97 Å². The minimum atomic E-state index is -1.05. The lowest BCUT2D eigenvalue weighted by atomic mass is 10.3. The number of carboxylic acids is 1. The molecule has 1 aromatic rings. The van der Waals surface area contributed by atoms with E-state index in [0.29, 0.717) is 5.88 Å². The predicted molar refractivity (Wildman–Crippen MR) is 55.3 cm³/mol. The molecule has 15 heavy (non-hydrogen) atoms. The number of unbranched alkanes of at least 4 members (excludes halogenated alkanes) is 1. The Hall–Kier alpha value is -1.49. The van der Waals surface area contributed by atoms with Crippen molar-refractivity contribution in [1.29, 1.82) is 0 Å². The first-order chi connectivity index (χ1) is 7.24. The Morgan fingerprint density at radius 1 is 1.53 bits per heavy atom. The third kappa shape index (κ3) is 4.03. The molecular weight excluding hydrogens is 198 g/mol. The van der Waals surface area contributed by atoms with Crippen molar-refractivity contribution >= 4 is 11.9 Å². The summed E-state index contributed by atoms with van der Waals surface area (Å²) in [5.74, 6) is -0.610. The average molecular weight is 213 g/mol. The topological polar surface area (TPSA) is 71.7 Å².